The van der Waals surface area contributed by atoms with Crippen molar-refractivity contribution in [1.82, 2.24) is 10.3 Å². The van der Waals surface area contributed by atoms with Gasteiger partial charge in [-0.25, -0.2) is 8.42 Å². The summed E-state index contributed by atoms with van der Waals surface area (Å²) in [6.07, 6.45) is 2.75. The zero-order valence-corrected chi connectivity index (χ0v) is 15.0. The molecule has 1 amide bonds. The van der Waals surface area contributed by atoms with Gasteiger partial charge >= 0.3 is 5.69 Å². The van der Waals surface area contributed by atoms with Crippen LogP contribution >= 0.6 is 0 Å². The molecule has 2 aromatic rings. The fraction of sp³-hybridized carbons (Fsp3) is 0.235. The van der Waals surface area contributed by atoms with E-state index < -0.39 is 27.5 Å². The fourth-order valence-corrected chi connectivity index (χ4v) is 3.72. The topological polar surface area (TPSA) is 128 Å². The van der Waals surface area contributed by atoms with Crippen molar-refractivity contribution in [2.24, 2.45) is 0 Å². The number of benzene rings is 2. The Hall–Kier alpha value is -2.98. The molecule has 9 nitrogen and oxygen atoms in total. The van der Waals surface area contributed by atoms with Gasteiger partial charge in [0.25, 0.3) is 15.9 Å². The Morgan fingerprint density at radius 3 is 2.67 bits per heavy atom. The average molecular weight is 391 g/mol. The minimum absolute atomic E-state index is 0.0584. The average Bonchev–Trinajstić information content (AvgIpc) is 3.12. The van der Waals surface area contributed by atoms with E-state index in [1.807, 2.05) is 10.3 Å². The highest BCUT2D eigenvalue weighted by atomic mass is 32.2. The summed E-state index contributed by atoms with van der Waals surface area (Å²) in [6, 6.07) is 10.4. The number of rotatable bonds is 7. The third kappa shape index (κ3) is 4.41. The third-order valence-corrected chi connectivity index (χ3v) is 5.37. The minimum atomic E-state index is -3.93. The van der Waals surface area contributed by atoms with E-state index in [2.05, 4.69) is 0 Å². The number of carbonyl (C=O) groups is 1. The Kier molecular flexibility index (Phi) is 5.38. The summed E-state index contributed by atoms with van der Waals surface area (Å²) >= 11 is 0. The predicted molar refractivity (Wildman–Crippen MR) is 95.5 cm³/mol. The fourth-order valence-electron chi connectivity index (χ4n) is 2.81. The van der Waals surface area contributed by atoms with Gasteiger partial charge in [0.05, 0.1) is 9.82 Å². The normalized spacial score (nSPS) is 13.0. The highest BCUT2D eigenvalue weighted by Crippen LogP contribution is 2.26. The van der Waals surface area contributed by atoms with E-state index in [1.165, 1.54) is 30.3 Å². The van der Waals surface area contributed by atoms with E-state index in [1.54, 1.807) is 12.1 Å². The van der Waals surface area contributed by atoms with E-state index in [9.17, 15) is 23.3 Å². The Morgan fingerprint density at radius 2 is 1.89 bits per heavy atom. The lowest BCUT2D eigenvalue weighted by Crippen LogP contribution is -2.43. The van der Waals surface area contributed by atoms with Gasteiger partial charge in [-0.2, -0.15) is 0 Å². The van der Waals surface area contributed by atoms with Gasteiger partial charge in [-0.15, -0.1) is 4.83 Å². The molecule has 27 heavy (non-hydrogen) atoms. The number of nitro groups is 1. The number of hydrogen-bond acceptors (Lipinski definition) is 6. The Labute approximate surface area is 155 Å². The second-order valence-electron chi connectivity index (χ2n) is 5.95. The Bertz CT molecular complexity index is 990. The number of para-hydroxylation sites is 2. The molecule has 0 saturated carbocycles. The zero-order chi connectivity index (χ0) is 19.4. The lowest BCUT2D eigenvalue weighted by molar-refractivity contribution is -0.385. The number of nitrogens with one attached hydrogen (secondary N) is 2. The van der Waals surface area contributed by atoms with E-state index in [0.717, 1.165) is 30.4 Å². The SMILES string of the molecule is O=C(COc1ccccc1[N+](=O)[O-])NNS(=O)(=O)c1ccc2c(c1)CCC2. The van der Waals surface area contributed by atoms with Crippen molar-refractivity contribution < 1.29 is 22.9 Å². The summed E-state index contributed by atoms with van der Waals surface area (Å²) in [6.45, 7) is -0.586. The lowest BCUT2D eigenvalue weighted by atomic mass is 10.1. The number of carbonyl (C=O) groups excluding carboxylic acids is 1. The Morgan fingerprint density at radius 1 is 1.15 bits per heavy atom. The van der Waals surface area contributed by atoms with E-state index in [-0.39, 0.29) is 16.3 Å². The van der Waals surface area contributed by atoms with Crippen LogP contribution in [0.15, 0.2) is 47.4 Å². The van der Waals surface area contributed by atoms with Crippen molar-refractivity contribution in [2.75, 3.05) is 6.61 Å². The molecular weight excluding hydrogens is 374 g/mol. The molecule has 0 spiro atoms. The molecule has 0 aromatic heterocycles. The molecule has 0 bridgehead atoms. The van der Waals surface area contributed by atoms with Gasteiger partial charge in [0, 0.05) is 6.07 Å². The first-order chi connectivity index (χ1) is 12.9. The number of hydrogen-bond donors (Lipinski definition) is 2. The third-order valence-electron chi connectivity index (χ3n) is 4.13. The first kappa shape index (κ1) is 18.8. The summed E-state index contributed by atoms with van der Waals surface area (Å²) in [5, 5.41) is 10.9. The molecule has 0 unspecified atom stereocenters. The van der Waals surface area contributed by atoms with Crippen LogP contribution in [0.5, 0.6) is 5.75 Å². The maximum absolute atomic E-state index is 12.3. The van der Waals surface area contributed by atoms with Crippen molar-refractivity contribution in [3.63, 3.8) is 0 Å². The first-order valence-electron chi connectivity index (χ1n) is 8.15. The van der Waals surface area contributed by atoms with Crippen molar-refractivity contribution in [1.29, 1.82) is 0 Å². The van der Waals surface area contributed by atoms with Gasteiger partial charge < -0.3 is 4.74 Å². The maximum Gasteiger partial charge on any atom is 0.310 e. The summed E-state index contributed by atoms with van der Waals surface area (Å²) in [4.78, 5) is 24.1. The molecule has 2 aromatic carbocycles. The number of ether oxygens (including phenoxy) is 1. The van der Waals surface area contributed by atoms with Crippen molar-refractivity contribution in [3.8, 4) is 5.75 Å². The molecule has 0 heterocycles. The van der Waals surface area contributed by atoms with Crippen molar-refractivity contribution >= 4 is 21.6 Å². The smallest absolute Gasteiger partial charge is 0.310 e. The largest absolute Gasteiger partial charge is 0.477 e. The van der Waals surface area contributed by atoms with Crippen LogP contribution in [0, 0.1) is 10.1 Å². The molecule has 0 saturated heterocycles. The summed E-state index contributed by atoms with van der Waals surface area (Å²) in [5.41, 5.74) is 3.87. The van der Waals surface area contributed by atoms with Crippen LogP contribution in [0.3, 0.4) is 0 Å². The summed E-state index contributed by atoms with van der Waals surface area (Å²) in [5.74, 6) is -0.878. The summed E-state index contributed by atoms with van der Waals surface area (Å²) in [7, 11) is -3.93. The number of nitrogens with zero attached hydrogens (tertiary/aromatic N) is 1. The number of fused-ring (bicyclic) bond motifs is 1. The van der Waals surface area contributed by atoms with Crippen LogP contribution in [-0.4, -0.2) is 25.9 Å². The number of hydrazine groups is 1. The lowest BCUT2D eigenvalue weighted by Gasteiger charge is -2.10. The van der Waals surface area contributed by atoms with Gasteiger partial charge in [-0.3, -0.25) is 20.3 Å². The zero-order valence-electron chi connectivity index (χ0n) is 14.2. The van der Waals surface area contributed by atoms with E-state index in [4.69, 9.17) is 4.74 Å². The molecule has 0 radical (unpaired) electrons. The number of sulfonamides is 1. The Balaban J connectivity index is 1.58. The minimum Gasteiger partial charge on any atom is -0.477 e. The maximum atomic E-state index is 12.3. The van der Waals surface area contributed by atoms with Crippen molar-refractivity contribution in [2.45, 2.75) is 24.2 Å². The second kappa shape index (κ2) is 7.72. The quantitative estimate of drug-likeness (QED) is 0.543. The standard InChI is InChI=1S/C17H17N3O6S/c21-17(11-26-16-7-2-1-6-15(16)20(22)23)18-19-27(24,25)14-9-8-12-4-3-5-13(12)10-14/h1-2,6-10,19H,3-5,11H2,(H,18,21). The molecule has 3 rings (SSSR count). The predicted octanol–water partition coefficient (Wildman–Crippen LogP) is 1.47. The molecular formula is C17H17N3O6S. The molecule has 0 fully saturated rings. The molecule has 142 valence electrons. The first-order valence-corrected chi connectivity index (χ1v) is 9.64. The number of amides is 1. The number of aryl methyl sites for hydroxylation is 2. The molecule has 1 aliphatic carbocycles. The van der Waals surface area contributed by atoms with Crippen LogP contribution in [-0.2, 0) is 27.7 Å². The van der Waals surface area contributed by atoms with E-state index in [0.29, 0.717) is 0 Å². The molecule has 0 aliphatic heterocycles. The molecule has 2 N–H and O–H groups in total. The van der Waals surface area contributed by atoms with Crippen LogP contribution in [0.25, 0.3) is 0 Å². The van der Waals surface area contributed by atoms with Gasteiger partial charge in [-0.1, -0.05) is 18.2 Å². The monoisotopic (exact) mass is 391 g/mol. The highest BCUT2D eigenvalue weighted by molar-refractivity contribution is 7.89. The van der Waals surface area contributed by atoms with Crippen LogP contribution in [0.4, 0.5) is 5.69 Å². The van der Waals surface area contributed by atoms with Crippen LogP contribution < -0.4 is 15.0 Å². The van der Waals surface area contributed by atoms with E-state index >= 15 is 0 Å². The van der Waals surface area contributed by atoms with Crippen LogP contribution in [0.2, 0.25) is 0 Å². The second-order valence-corrected chi connectivity index (χ2v) is 7.63. The van der Waals surface area contributed by atoms with Gasteiger partial charge in [0.1, 0.15) is 0 Å². The van der Waals surface area contributed by atoms with Crippen molar-refractivity contribution in [3.05, 3.63) is 63.7 Å². The molecule has 10 heteroatoms. The van der Waals surface area contributed by atoms with Gasteiger partial charge in [0.15, 0.2) is 12.4 Å². The number of nitro benzene ring substituents is 1. The highest BCUT2D eigenvalue weighted by Gasteiger charge is 2.20. The van der Waals surface area contributed by atoms with Gasteiger partial charge in [0.2, 0.25) is 0 Å². The van der Waals surface area contributed by atoms with Gasteiger partial charge in [-0.05, 0) is 48.6 Å². The molecule has 0 atom stereocenters. The van der Waals surface area contributed by atoms with Crippen LogP contribution in [0.1, 0.15) is 17.5 Å². The molecule has 1 aliphatic rings. The summed E-state index contributed by atoms with van der Waals surface area (Å²) < 4.78 is 29.7.